The normalized spacial score (nSPS) is 19.9. The van der Waals surface area contributed by atoms with Gasteiger partial charge in [-0.15, -0.1) is 0 Å². The van der Waals surface area contributed by atoms with Gasteiger partial charge < -0.3 is 10.6 Å². The number of anilines is 1. The quantitative estimate of drug-likeness (QED) is 0.852. The van der Waals surface area contributed by atoms with Crippen molar-refractivity contribution in [2.45, 2.75) is 30.2 Å². The minimum absolute atomic E-state index is 0.379. The van der Waals surface area contributed by atoms with Crippen LogP contribution in [0, 0.1) is 0 Å². The van der Waals surface area contributed by atoms with Crippen molar-refractivity contribution in [3.8, 4) is 0 Å². The third-order valence-electron chi connectivity index (χ3n) is 3.26. The van der Waals surface area contributed by atoms with Crippen molar-refractivity contribution >= 4 is 15.5 Å². The van der Waals surface area contributed by atoms with Crippen molar-refractivity contribution in [3.05, 3.63) is 24.3 Å². The second kappa shape index (κ2) is 5.71. The van der Waals surface area contributed by atoms with Crippen LogP contribution in [0.5, 0.6) is 0 Å². The lowest BCUT2D eigenvalue weighted by molar-refractivity contribution is 0.574. The van der Waals surface area contributed by atoms with Gasteiger partial charge in [0.25, 0.3) is 0 Å². The standard InChI is InChI=1S/C13H20N2O2S/c1-18(16,17)13-7-3-2-6-12(13)15-10-8-11-5-4-9-14-11/h2-3,6-7,11,14-15H,4-5,8-10H2,1H3. The van der Waals surface area contributed by atoms with Crippen LogP contribution in [0.3, 0.4) is 0 Å². The van der Waals surface area contributed by atoms with Gasteiger partial charge in [0, 0.05) is 18.8 Å². The summed E-state index contributed by atoms with van der Waals surface area (Å²) in [6, 6.07) is 7.64. The van der Waals surface area contributed by atoms with E-state index in [4.69, 9.17) is 0 Å². The summed E-state index contributed by atoms with van der Waals surface area (Å²) in [5, 5.41) is 6.66. The van der Waals surface area contributed by atoms with Crippen molar-refractivity contribution in [2.75, 3.05) is 24.7 Å². The molecule has 4 nitrogen and oxygen atoms in total. The molecule has 1 saturated heterocycles. The van der Waals surface area contributed by atoms with E-state index >= 15 is 0 Å². The second-order valence-corrected chi connectivity index (χ2v) is 6.76. The fraction of sp³-hybridized carbons (Fsp3) is 0.538. The van der Waals surface area contributed by atoms with E-state index in [0.29, 0.717) is 16.6 Å². The Morgan fingerprint density at radius 3 is 2.83 bits per heavy atom. The van der Waals surface area contributed by atoms with Gasteiger partial charge in [0.1, 0.15) is 0 Å². The molecule has 1 aromatic carbocycles. The molecular formula is C13H20N2O2S. The summed E-state index contributed by atoms with van der Waals surface area (Å²) in [5.74, 6) is 0. The van der Waals surface area contributed by atoms with E-state index in [1.165, 1.54) is 19.1 Å². The van der Waals surface area contributed by atoms with Gasteiger partial charge >= 0.3 is 0 Å². The molecule has 0 spiro atoms. The van der Waals surface area contributed by atoms with Crippen molar-refractivity contribution in [1.29, 1.82) is 0 Å². The summed E-state index contributed by atoms with van der Waals surface area (Å²) in [4.78, 5) is 0.379. The Hall–Kier alpha value is -1.07. The van der Waals surface area contributed by atoms with E-state index in [0.717, 1.165) is 19.5 Å². The SMILES string of the molecule is CS(=O)(=O)c1ccccc1NCCC1CCCN1. The number of para-hydroxylation sites is 1. The highest BCUT2D eigenvalue weighted by atomic mass is 32.2. The molecule has 1 atom stereocenters. The summed E-state index contributed by atoms with van der Waals surface area (Å²) in [7, 11) is -3.16. The van der Waals surface area contributed by atoms with Crippen LogP contribution in [0.25, 0.3) is 0 Å². The molecule has 1 fully saturated rings. The largest absolute Gasteiger partial charge is 0.384 e. The first-order valence-electron chi connectivity index (χ1n) is 6.34. The first kappa shape index (κ1) is 13.4. The van der Waals surface area contributed by atoms with Gasteiger partial charge in [0.2, 0.25) is 0 Å². The first-order valence-corrected chi connectivity index (χ1v) is 8.23. The lowest BCUT2D eigenvalue weighted by atomic mass is 10.1. The number of benzene rings is 1. The molecule has 1 heterocycles. The van der Waals surface area contributed by atoms with Gasteiger partial charge in [-0.2, -0.15) is 0 Å². The smallest absolute Gasteiger partial charge is 0.177 e. The van der Waals surface area contributed by atoms with Gasteiger partial charge in [-0.05, 0) is 37.9 Å². The molecule has 5 heteroatoms. The van der Waals surface area contributed by atoms with Crippen LogP contribution in [0.4, 0.5) is 5.69 Å². The molecular weight excluding hydrogens is 248 g/mol. The molecule has 1 aliphatic heterocycles. The van der Waals surface area contributed by atoms with Crippen LogP contribution < -0.4 is 10.6 Å². The average molecular weight is 268 g/mol. The Morgan fingerprint density at radius 1 is 1.39 bits per heavy atom. The Labute approximate surface area is 109 Å². The minimum atomic E-state index is -3.16. The molecule has 100 valence electrons. The van der Waals surface area contributed by atoms with Crippen molar-refractivity contribution in [3.63, 3.8) is 0 Å². The molecule has 0 radical (unpaired) electrons. The van der Waals surface area contributed by atoms with E-state index in [2.05, 4.69) is 10.6 Å². The van der Waals surface area contributed by atoms with Gasteiger partial charge in [0.05, 0.1) is 10.6 Å². The Morgan fingerprint density at radius 2 is 2.17 bits per heavy atom. The Bertz CT molecular complexity index is 493. The average Bonchev–Trinajstić information content (AvgIpc) is 2.81. The number of nitrogens with one attached hydrogen (secondary N) is 2. The molecule has 0 saturated carbocycles. The van der Waals surface area contributed by atoms with Crippen molar-refractivity contribution < 1.29 is 8.42 Å². The summed E-state index contributed by atoms with van der Waals surface area (Å²) < 4.78 is 23.2. The van der Waals surface area contributed by atoms with Gasteiger partial charge in [0.15, 0.2) is 9.84 Å². The third-order valence-corrected chi connectivity index (χ3v) is 4.41. The van der Waals surface area contributed by atoms with Crippen molar-refractivity contribution in [2.24, 2.45) is 0 Å². The molecule has 1 unspecified atom stereocenters. The topological polar surface area (TPSA) is 58.2 Å². The third kappa shape index (κ3) is 3.46. The molecule has 1 aliphatic rings. The summed E-state index contributed by atoms with van der Waals surface area (Å²) in [5.41, 5.74) is 0.706. The Balaban J connectivity index is 1.96. The van der Waals surface area contributed by atoms with Gasteiger partial charge in [-0.1, -0.05) is 12.1 Å². The van der Waals surface area contributed by atoms with Crippen LogP contribution >= 0.6 is 0 Å². The molecule has 2 rings (SSSR count). The summed E-state index contributed by atoms with van der Waals surface area (Å²) in [6.45, 7) is 1.90. The zero-order chi connectivity index (χ0) is 13.0. The first-order chi connectivity index (χ1) is 8.57. The summed E-state index contributed by atoms with van der Waals surface area (Å²) in [6.07, 6.45) is 4.73. The predicted molar refractivity (Wildman–Crippen MR) is 73.7 cm³/mol. The zero-order valence-electron chi connectivity index (χ0n) is 10.6. The fourth-order valence-corrected chi connectivity index (χ4v) is 3.19. The molecule has 1 aromatic rings. The highest BCUT2D eigenvalue weighted by Gasteiger charge is 2.15. The highest BCUT2D eigenvalue weighted by molar-refractivity contribution is 7.90. The maximum atomic E-state index is 11.6. The van der Waals surface area contributed by atoms with E-state index in [1.54, 1.807) is 12.1 Å². The number of rotatable bonds is 5. The lowest BCUT2D eigenvalue weighted by Crippen LogP contribution is -2.24. The zero-order valence-corrected chi connectivity index (χ0v) is 11.5. The van der Waals surface area contributed by atoms with E-state index < -0.39 is 9.84 Å². The van der Waals surface area contributed by atoms with Crippen LogP contribution in [0.15, 0.2) is 29.2 Å². The van der Waals surface area contributed by atoms with Crippen LogP contribution in [0.2, 0.25) is 0 Å². The monoisotopic (exact) mass is 268 g/mol. The maximum absolute atomic E-state index is 11.6. The number of hydrogen-bond acceptors (Lipinski definition) is 4. The minimum Gasteiger partial charge on any atom is -0.384 e. The molecule has 2 N–H and O–H groups in total. The number of hydrogen-bond donors (Lipinski definition) is 2. The maximum Gasteiger partial charge on any atom is 0.177 e. The molecule has 0 bridgehead atoms. The van der Waals surface area contributed by atoms with Gasteiger partial charge in [-0.3, -0.25) is 0 Å². The Kier molecular flexibility index (Phi) is 4.24. The molecule has 0 amide bonds. The molecule has 18 heavy (non-hydrogen) atoms. The fourth-order valence-electron chi connectivity index (χ4n) is 2.32. The van der Waals surface area contributed by atoms with E-state index in [9.17, 15) is 8.42 Å². The van der Waals surface area contributed by atoms with E-state index in [1.807, 2.05) is 12.1 Å². The lowest BCUT2D eigenvalue weighted by Gasteiger charge is -2.13. The highest BCUT2D eigenvalue weighted by Crippen LogP contribution is 2.20. The van der Waals surface area contributed by atoms with E-state index in [-0.39, 0.29) is 0 Å². The molecule has 0 aromatic heterocycles. The summed E-state index contributed by atoms with van der Waals surface area (Å²) >= 11 is 0. The predicted octanol–water partition coefficient (Wildman–Crippen LogP) is 1.64. The number of sulfone groups is 1. The van der Waals surface area contributed by atoms with Gasteiger partial charge in [-0.25, -0.2) is 8.42 Å². The van der Waals surface area contributed by atoms with Crippen LogP contribution in [-0.2, 0) is 9.84 Å². The molecule has 0 aliphatic carbocycles. The van der Waals surface area contributed by atoms with Crippen LogP contribution in [-0.4, -0.2) is 33.8 Å². The van der Waals surface area contributed by atoms with Crippen LogP contribution in [0.1, 0.15) is 19.3 Å². The second-order valence-electron chi connectivity index (χ2n) is 4.78. The van der Waals surface area contributed by atoms with Crippen molar-refractivity contribution in [1.82, 2.24) is 5.32 Å².